The van der Waals surface area contributed by atoms with Gasteiger partial charge < -0.3 is 0 Å². The summed E-state index contributed by atoms with van der Waals surface area (Å²) in [6, 6.07) is 8.72. The average molecular weight is 578 g/mol. The number of nitrogens with zero attached hydrogens (tertiary/aromatic N) is 3. The van der Waals surface area contributed by atoms with Gasteiger partial charge in [0, 0.05) is 0 Å². The molecular weight excluding hydrogens is 535 g/mol. The molecule has 2 aliphatic rings. The minimum atomic E-state index is -1.21. The van der Waals surface area contributed by atoms with Crippen LogP contribution >= 0.6 is 0 Å². The monoisotopic (exact) mass is 577 g/mol. The summed E-state index contributed by atoms with van der Waals surface area (Å²) in [6.45, 7) is 12.7. The molecule has 0 spiro atoms. The van der Waals surface area contributed by atoms with E-state index < -0.39 is 36.3 Å². The standard InChI is InChI=1S/C31H42BN4O6/c1-16(2)36(7)23-15-39-24(14-18(23)4)41-27-29(38-8)31(6,19(5)40-30(27)42-35-32)28(37)26-25-20(11-12-33-26)21-13-17(3)9-10-22(21)34-25/h9-13,16,18-19,23-24,27,29-30,34H,14-15H2,1-8H3. The molecule has 1 N–H and O–H groups in total. The van der Waals surface area contributed by atoms with Crippen LogP contribution in [0.25, 0.3) is 21.8 Å². The molecule has 0 saturated carbocycles. The van der Waals surface area contributed by atoms with E-state index in [1.165, 1.54) is 0 Å². The number of hydrogen-bond acceptors (Lipinski definition) is 9. The van der Waals surface area contributed by atoms with E-state index in [0.717, 1.165) is 21.9 Å². The number of ketones is 1. The van der Waals surface area contributed by atoms with Gasteiger partial charge in [0.15, 0.2) is 0 Å². The zero-order valence-electron chi connectivity index (χ0n) is 25.8. The van der Waals surface area contributed by atoms with Crippen LogP contribution in [0.4, 0.5) is 0 Å². The van der Waals surface area contributed by atoms with Crippen molar-refractivity contribution in [2.24, 2.45) is 16.4 Å². The SMILES string of the molecule is [B]=NOC1OC(C)C(C)(C(=O)c2nccc3c2[nH]c2ccc(C)cc23)C(OC)C1OC1CC(C)C(N(C)C(C)C)CO1. The minimum absolute atomic E-state index is 0.232. The molecule has 11 heteroatoms. The molecule has 8 atom stereocenters. The third-order valence-corrected chi connectivity index (χ3v) is 9.46. The molecule has 1 radical (unpaired) electrons. The second-order valence-corrected chi connectivity index (χ2v) is 12.3. The van der Waals surface area contributed by atoms with Gasteiger partial charge in [-0.2, -0.15) is 0 Å². The van der Waals surface area contributed by atoms with Gasteiger partial charge in [-0.05, 0) is 6.92 Å². The average Bonchev–Trinajstić information content (AvgIpc) is 3.33. The molecule has 2 aliphatic heterocycles. The van der Waals surface area contributed by atoms with E-state index in [0.29, 0.717) is 36.2 Å². The zero-order valence-corrected chi connectivity index (χ0v) is 25.8. The molecule has 4 heterocycles. The van der Waals surface area contributed by atoms with Crippen LogP contribution in [0, 0.1) is 18.3 Å². The second kappa shape index (κ2) is 12.1. The summed E-state index contributed by atoms with van der Waals surface area (Å²) in [6.07, 6.45) is -1.56. The molecule has 0 amide bonds. The number of pyridine rings is 1. The quantitative estimate of drug-likeness (QED) is 0.221. The summed E-state index contributed by atoms with van der Waals surface area (Å²) in [5, 5.41) is 5.35. The Labute approximate surface area is 248 Å². The molecule has 0 aliphatic carbocycles. The summed E-state index contributed by atoms with van der Waals surface area (Å²) in [7, 11) is 9.09. The number of carbonyl (C=O) groups is 1. The van der Waals surface area contributed by atoms with Crippen molar-refractivity contribution >= 4 is 35.2 Å². The van der Waals surface area contributed by atoms with E-state index in [1.54, 1.807) is 13.3 Å². The summed E-state index contributed by atoms with van der Waals surface area (Å²) < 4.78 is 25.0. The maximum atomic E-state index is 14.6. The number of carbonyl (C=O) groups excluding carboxylic acids is 1. The van der Waals surface area contributed by atoms with Gasteiger partial charge in [0.2, 0.25) is 0 Å². The number of nitrogens with one attached hydrogen (secondary N) is 1. The number of H-pyrrole nitrogens is 1. The summed E-state index contributed by atoms with van der Waals surface area (Å²) in [5.74, 6) is 0.0728. The number of aromatic nitrogens is 2. The van der Waals surface area contributed by atoms with E-state index in [1.807, 2.05) is 39.0 Å². The number of likely N-dealkylation sites (N-methyl/N-ethyl adjacent to an activating group) is 1. The van der Waals surface area contributed by atoms with E-state index >= 15 is 0 Å². The third kappa shape index (κ3) is 5.30. The predicted octanol–water partition coefficient (Wildman–Crippen LogP) is 4.73. The van der Waals surface area contributed by atoms with Gasteiger partial charge >= 0.3 is 230 Å². The molecule has 1 aromatic carbocycles. The Morgan fingerprint density at radius 1 is 1.26 bits per heavy atom. The van der Waals surface area contributed by atoms with Crippen molar-refractivity contribution in [3.63, 3.8) is 0 Å². The Hall–Kier alpha value is -2.70. The van der Waals surface area contributed by atoms with Crippen LogP contribution in [0.1, 0.15) is 57.1 Å². The number of rotatable bonds is 9. The van der Waals surface area contributed by atoms with Crippen LogP contribution in [-0.2, 0) is 23.8 Å². The van der Waals surface area contributed by atoms with Crippen LogP contribution in [0.3, 0.4) is 0 Å². The number of aromatic amines is 1. The van der Waals surface area contributed by atoms with Crippen molar-refractivity contribution in [2.75, 3.05) is 20.8 Å². The van der Waals surface area contributed by atoms with Crippen LogP contribution < -0.4 is 0 Å². The fraction of sp³-hybridized carbons (Fsp3) is 0.613. The molecule has 2 fully saturated rings. The topological polar surface area (TPSA) is 108 Å². The molecule has 2 aromatic heterocycles. The Bertz CT molecular complexity index is 1450. The zero-order chi connectivity index (χ0) is 30.3. The number of ether oxygens (including phenoxy) is 4. The Kier molecular flexibility index (Phi) is 8.88. The second-order valence-electron chi connectivity index (χ2n) is 12.3. The first-order valence-corrected chi connectivity index (χ1v) is 14.7. The van der Waals surface area contributed by atoms with Crippen LogP contribution in [-0.4, -0.2) is 92.0 Å². The van der Waals surface area contributed by atoms with E-state index in [-0.39, 0.29) is 11.8 Å². The first kappa shape index (κ1) is 30.8. The Morgan fingerprint density at radius 2 is 2.02 bits per heavy atom. The van der Waals surface area contributed by atoms with Crippen molar-refractivity contribution in [2.45, 2.75) is 90.9 Å². The van der Waals surface area contributed by atoms with Gasteiger partial charge in [-0.15, -0.1) is 0 Å². The normalized spacial score (nSPS) is 32.1. The number of benzene rings is 1. The van der Waals surface area contributed by atoms with Crippen LogP contribution in [0.15, 0.2) is 35.5 Å². The molecule has 2 saturated heterocycles. The van der Waals surface area contributed by atoms with Gasteiger partial charge in [-0.3, -0.25) is 0 Å². The molecule has 3 aromatic rings. The van der Waals surface area contributed by atoms with Crippen molar-refractivity contribution in [1.82, 2.24) is 14.9 Å². The maximum absolute atomic E-state index is 14.6. The first-order valence-electron chi connectivity index (χ1n) is 14.7. The van der Waals surface area contributed by atoms with E-state index in [2.05, 4.69) is 53.8 Å². The fourth-order valence-corrected chi connectivity index (χ4v) is 6.54. The van der Waals surface area contributed by atoms with Crippen LogP contribution in [0.5, 0.6) is 0 Å². The molecule has 0 bridgehead atoms. The summed E-state index contributed by atoms with van der Waals surface area (Å²) >= 11 is 0. The van der Waals surface area contributed by atoms with Crippen molar-refractivity contribution < 1.29 is 28.6 Å². The molecule has 10 nitrogen and oxygen atoms in total. The van der Waals surface area contributed by atoms with Gasteiger partial charge in [0.25, 0.3) is 0 Å². The number of aryl methyl sites for hydroxylation is 1. The van der Waals surface area contributed by atoms with Crippen molar-refractivity contribution in [3.05, 3.63) is 41.7 Å². The Balaban J connectivity index is 1.48. The number of hydrogen-bond donors (Lipinski definition) is 1. The van der Waals surface area contributed by atoms with Gasteiger partial charge in [0.1, 0.15) is 0 Å². The predicted molar refractivity (Wildman–Crippen MR) is 160 cm³/mol. The number of fused-ring (bicyclic) bond motifs is 3. The summed E-state index contributed by atoms with van der Waals surface area (Å²) in [4.78, 5) is 30.3. The molecular formula is C31H42BN4O6. The Morgan fingerprint density at radius 3 is 2.69 bits per heavy atom. The number of Topliss-reactive ketones (excluding diaryl/α,β-unsaturated/α-hetero) is 1. The van der Waals surface area contributed by atoms with Gasteiger partial charge in [-0.1, -0.05) is 11.6 Å². The van der Waals surface area contributed by atoms with Crippen molar-refractivity contribution in [3.8, 4) is 0 Å². The van der Waals surface area contributed by atoms with Gasteiger partial charge in [0.05, 0.1) is 0 Å². The van der Waals surface area contributed by atoms with Crippen molar-refractivity contribution in [1.29, 1.82) is 0 Å². The molecule has 8 unspecified atom stereocenters. The first-order chi connectivity index (χ1) is 20.0. The molecule has 5 rings (SSSR count). The third-order valence-electron chi connectivity index (χ3n) is 9.46. The van der Waals surface area contributed by atoms with E-state index in [9.17, 15) is 4.79 Å². The molecule has 42 heavy (non-hydrogen) atoms. The van der Waals surface area contributed by atoms with E-state index in [4.69, 9.17) is 31.4 Å². The number of methoxy groups -OCH3 is 1. The molecule has 225 valence electrons. The fourth-order valence-electron chi connectivity index (χ4n) is 6.54. The summed E-state index contributed by atoms with van der Waals surface area (Å²) in [5.41, 5.74) is 1.84. The van der Waals surface area contributed by atoms with Gasteiger partial charge in [-0.25, -0.2) is 0 Å². The van der Waals surface area contributed by atoms with Crippen LogP contribution in [0.2, 0.25) is 0 Å².